The van der Waals surface area contributed by atoms with E-state index in [-0.39, 0.29) is 0 Å². The van der Waals surface area contributed by atoms with Gasteiger partial charge in [0.25, 0.3) is 0 Å². The standard InChI is InChI=1S/C23H21N/c1-16-13-20-14-19(18-9-5-3-6-10-18)15-21(20)23(17(16)2)22-11-7-4-8-12-24-22/h3-13,15,24H,14H2,1-2H3. The second kappa shape index (κ2) is 6.01. The van der Waals surface area contributed by atoms with Crippen LogP contribution in [0.4, 0.5) is 0 Å². The van der Waals surface area contributed by atoms with Crippen molar-refractivity contribution in [3.05, 3.63) is 100 Å². The lowest BCUT2D eigenvalue weighted by Gasteiger charge is -2.17. The van der Waals surface area contributed by atoms with Gasteiger partial charge < -0.3 is 5.32 Å². The van der Waals surface area contributed by atoms with Crippen LogP contribution in [0.1, 0.15) is 33.4 Å². The van der Waals surface area contributed by atoms with Gasteiger partial charge in [-0.2, -0.15) is 0 Å². The molecule has 1 heteroatoms. The summed E-state index contributed by atoms with van der Waals surface area (Å²) in [5.41, 5.74) is 10.7. The van der Waals surface area contributed by atoms with Crippen molar-refractivity contribution in [1.29, 1.82) is 0 Å². The average molecular weight is 311 g/mol. The van der Waals surface area contributed by atoms with Gasteiger partial charge in [-0.25, -0.2) is 0 Å². The zero-order valence-electron chi connectivity index (χ0n) is 14.1. The largest absolute Gasteiger partial charge is 0.361 e. The molecule has 0 bridgehead atoms. The van der Waals surface area contributed by atoms with Crippen molar-refractivity contribution in [3.8, 4) is 0 Å². The first-order valence-electron chi connectivity index (χ1n) is 8.43. The molecule has 1 aliphatic carbocycles. The molecule has 0 spiro atoms. The van der Waals surface area contributed by atoms with Crippen LogP contribution in [0.3, 0.4) is 0 Å². The molecule has 0 atom stereocenters. The minimum atomic E-state index is 1.01. The van der Waals surface area contributed by atoms with Gasteiger partial charge in [0.15, 0.2) is 0 Å². The van der Waals surface area contributed by atoms with Crippen LogP contribution in [0.5, 0.6) is 0 Å². The molecule has 0 radical (unpaired) electrons. The van der Waals surface area contributed by atoms with Crippen LogP contribution in [-0.2, 0) is 6.42 Å². The summed E-state index contributed by atoms with van der Waals surface area (Å²) in [6.07, 6.45) is 13.7. The van der Waals surface area contributed by atoms with E-state index >= 15 is 0 Å². The summed E-state index contributed by atoms with van der Waals surface area (Å²) in [4.78, 5) is 0. The molecule has 1 aliphatic heterocycles. The van der Waals surface area contributed by atoms with Gasteiger partial charge in [0.05, 0.1) is 0 Å². The van der Waals surface area contributed by atoms with E-state index in [0.717, 1.165) is 6.42 Å². The summed E-state index contributed by atoms with van der Waals surface area (Å²) in [5, 5.41) is 3.44. The molecule has 4 rings (SSSR count). The van der Waals surface area contributed by atoms with E-state index < -0.39 is 0 Å². The lowest BCUT2D eigenvalue weighted by Crippen LogP contribution is -2.08. The Hall–Kier alpha value is -2.80. The number of hydrogen-bond donors (Lipinski definition) is 1. The Morgan fingerprint density at radius 2 is 1.79 bits per heavy atom. The fraction of sp³-hybridized carbons (Fsp3) is 0.130. The molecule has 0 aromatic heterocycles. The lowest BCUT2D eigenvalue weighted by atomic mass is 9.92. The maximum Gasteiger partial charge on any atom is 0.0462 e. The molecule has 2 aromatic carbocycles. The second-order valence-electron chi connectivity index (χ2n) is 6.45. The Kier molecular flexibility index (Phi) is 3.70. The van der Waals surface area contributed by atoms with Crippen LogP contribution in [0, 0.1) is 13.8 Å². The Morgan fingerprint density at radius 3 is 2.62 bits per heavy atom. The van der Waals surface area contributed by atoms with E-state index in [0.29, 0.717) is 0 Å². The Labute approximate surface area is 143 Å². The zero-order chi connectivity index (χ0) is 16.5. The minimum Gasteiger partial charge on any atom is -0.361 e. The summed E-state index contributed by atoms with van der Waals surface area (Å²) < 4.78 is 0. The summed E-state index contributed by atoms with van der Waals surface area (Å²) in [6.45, 7) is 4.43. The second-order valence-corrected chi connectivity index (χ2v) is 6.45. The Bertz CT molecular complexity index is 909. The highest BCUT2D eigenvalue weighted by atomic mass is 14.9. The van der Waals surface area contributed by atoms with Crippen LogP contribution < -0.4 is 5.32 Å². The normalized spacial score (nSPS) is 15.4. The smallest absolute Gasteiger partial charge is 0.0462 e. The number of nitrogens with one attached hydrogen (secondary N) is 1. The topological polar surface area (TPSA) is 12.0 Å². The molecular weight excluding hydrogens is 290 g/mol. The van der Waals surface area contributed by atoms with E-state index in [1.807, 2.05) is 12.3 Å². The minimum absolute atomic E-state index is 1.01. The van der Waals surface area contributed by atoms with Crippen LogP contribution in [0.15, 0.2) is 66.9 Å². The van der Waals surface area contributed by atoms with Crippen molar-refractivity contribution in [3.63, 3.8) is 0 Å². The van der Waals surface area contributed by atoms with Gasteiger partial charge in [-0.3, -0.25) is 0 Å². The van der Waals surface area contributed by atoms with Crippen molar-refractivity contribution >= 4 is 17.3 Å². The third kappa shape index (κ3) is 2.52. The first kappa shape index (κ1) is 14.8. The number of fused-ring (bicyclic) bond motifs is 1. The van der Waals surface area contributed by atoms with Gasteiger partial charge in [-0.15, -0.1) is 0 Å². The van der Waals surface area contributed by atoms with Crippen LogP contribution in [-0.4, -0.2) is 0 Å². The van der Waals surface area contributed by atoms with Gasteiger partial charge in [0.2, 0.25) is 0 Å². The van der Waals surface area contributed by atoms with E-state index in [2.05, 4.69) is 79.9 Å². The van der Waals surface area contributed by atoms with Crippen molar-refractivity contribution in [1.82, 2.24) is 5.32 Å². The van der Waals surface area contributed by atoms with Crippen molar-refractivity contribution in [2.24, 2.45) is 0 Å². The molecule has 1 N–H and O–H groups in total. The predicted molar refractivity (Wildman–Crippen MR) is 103 cm³/mol. The summed E-state index contributed by atoms with van der Waals surface area (Å²) in [6, 6.07) is 13.1. The van der Waals surface area contributed by atoms with E-state index in [9.17, 15) is 0 Å². The number of hydrogen-bond acceptors (Lipinski definition) is 1. The molecule has 1 nitrogen and oxygen atoms in total. The molecule has 1 heterocycles. The molecule has 118 valence electrons. The molecule has 0 saturated carbocycles. The van der Waals surface area contributed by atoms with Crippen molar-refractivity contribution in [2.45, 2.75) is 20.3 Å². The monoisotopic (exact) mass is 311 g/mol. The fourth-order valence-corrected chi connectivity index (χ4v) is 3.55. The van der Waals surface area contributed by atoms with E-state index in [4.69, 9.17) is 0 Å². The molecule has 0 saturated heterocycles. The Balaban J connectivity index is 1.87. The Morgan fingerprint density at radius 1 is 0.958 bits per heavy atom. The average Bonchev–Trinajstić information content (AvgIpc) is 2.83. The van der Waals surface area contributed by atoms with Gasteiger partial charge in [0, 0.05) is 17.5 Å². The first-order valence-corrected chi connectivity index (χ1v) is 8.43. The van der Waals surface area contributed by atoms with Crippen LogP contribution in [0.2, 0.25) is 0 Å². The molecule has 2 aromatic rings. The maximum absolute atomic E-state index is 3.44. The summed E-state index contributed by atoms with van der Waals surface area (Å²) in [7, 11) is 0. The maximum atomic E-state index is 3.44. The van der Waals surface area contributed by atoms with Crippen molar-refractivity contribution in [2.75, 3.05) is 0 Å². The van der Waals surface area contributed by atoms with Crippen LogP contribution in [0.25, 0.3) is 17.3 Å². The number of aryl methyl sites for hydroxylation is 1. The van der Waals surface area contributed by atoms with Gasteiger partial charge in [-0.05, 0) is 71.9 Å². The highest BCUT2D eigenvalue weighted by molar-refractivity contribution is 5.93. The van der Waals surface area contributed by atoms with E-state index in [1.165, 1.54) is 44.7 Å². The molecule has 0 unspecified atom stereocenters. The zero-order valence-corrected chi connectivity index (χ0v) is 14.1. The third-order valence-electron chi connectivity index (χ3n) is 4.91. The highest BCUT2D eigenvalue weighted by Crippen LogP contribution is 2.38. The van der Waals surface area contributed by atoms with Gasteiger partial charge >= 0.3 is 0 Å². The molecule has 24 heavy (non-hydrogen) atoms. The summed E-state index contributed by atoms with van der Waals surface area (Å²) in [5.74, 6) is 0. The predicted octanol–water partition coefficient (Wildman–Crippen LogP) is 5.41. The van der Waals surface area contributed by atoms with Gasteiger partial charge in [0.1, 0.15) is 0 Å². The lowest BCUT2D eigenvalue weighted by molar-refractivity contribution is 1.17. The first-order chi connectivity index (χ1) is 11.7. The quantitative estimate of drug-likeness (QED) is 0.781. The summed E-state index contributed by atoms with van der Waals surface area (Å²) >= 11 is 0. The van der Waals surface area contributed by atoms with Gasteiger partial charge in [-0.1, -0.05) is 48.6 Å². The van der Waals surface area contributed by atoms with Crippen molar-refractivity contribution < 1.29 is 0 Å². The number of allylic oxidation sites excluding steroid dienone is 5. The molecule has 0 amide bonds. The molecule has 2 aliphatic rings. The molecule has 0 fully saturated rings. The third-order valence-corrected chi connectivity index (χ3v) is 4.91. The SMILES string of the molecule is Cc1cc2c(c(C3=CC=CC=CN3)c1C)C=C(c1ccccc1)C2. The highest BCUT2D eigenvalue weighted by Gasteiger charge is 2.21. The number of rotatable bonds is 2. The fourth-order valence-electron chi connectivity index (χ4n) is 3.55. The van der Waals surface area contributed by atoms with Crippen LogP contribution >= 0.6 is 0 Å². The molecular formula is C23H21N. The van der Waals surface area contributed by atoms with E-state index in [1.54, 1.807) is 0 Å². The number of benzene rings is 2.